The molecule has 0 saturated carbocycles. The maximum Gasteiger partial charge on any atom is 0.219 e. The number of carbonyl (C=O) groups is 1. The third-order valence-corrected chi connectivity index (χ3v) is 3.09. The van der Waals surface area contributed by atoms with E-state index < -0.39 is 0 Å². The van der Waals surface area contributed by atoms with Gasteiger partial charge in [-0.05, 0) is 24.6 Å². The Morgan fingerprint density at radius 3 is 2.44 bits per heavy atom. The van der Waals surface area contributed by atoms with Crippen LogP contribution in [0.25, 0.3) is 0 Å². The molecular formula is C13H18N2O. The zero-order valence-electron chi connectivity index (χ0n) is 9.94. The van der Waals surface area contributed by atoms with Gasteiger partial charge >= 0.3 is 0 Å². The van der Waals surface area contributed by atoms with Gasteiger partial charge < -0.3 is 9.80 Å². The summed E-state index contributed by atoms with van der Waals surface area (Å²) < 4.78 is 0. The summed E-state index contributed by atoms with van der Waals surface area (Å²) in [5.74, 6) is 0.184. The van der Waals surface area contributed by atoms with Gasteiger partial charge in [0.1, 0.15) is 0 Å². The topological polar surface area (TPSA) is 23.6 Å². The average Bonchev–Trinajstić information content (AvgIpc) is 2.29. The number of rotatable bonds is 1. The molecule has 0 aromatic heterocycles. The van der Waals surface area contributed by atoms with Crippen LogP contribution in [-0.4, -0.2) is 37.0 Å². The van der Waals surface area contributed by atoms with Crippen molar-refractivity contribution in [1.82, 2.24) is 4.90 Å². The van der Waals surface area contributed by atoms with Gasteiger partial charge in [0, 0.05) is 38.8 Å². The monoisotopic (exact) mass is 218 g/mol. The van der Waals surface area contributed by atoms with Gasteiger partial charge in [-0.2, -0.15) is 0 Å². The maximum atomic E-state index is 11.2. The van der Waals surface area contributed by atoms with E-state index in [1.165, 1.54) is 11.3 Å². The Morgan fingerprint density at radius 1 is 1.19 bits per heavy atom. The van der Waals surface area contributed by atoms with Gasteiger partial charge in [-0.1, -0.05) is 12.1 Å². The maximum absolute atomic E-state index is 11.2. The number of benzene rings is 1. The second-order valence-electron chi connectivity index (χ2n) is 4.33. The molecule has 1 aromatic rings. The van der Waals surface area contributed by atoms with Gasteiger partial charge in [0.05, 0.1) is 0 Å². The summed E-state index contributed by atoms with van der Waals surface area (Å²) in [6.45, 7) is 7.29. The predicted octanol–water partition coefficient (Wildman–Crippen LogP) is 1.66. The molecule has 0 atom stereocenters. The van der Waals surface area contributed by atoms with Crippen LogP contribution in [0.4, 0.5) is 5.69 Å². The van der Waals surface area contributed by atoms with Crippen LogP contribution in [0, 0.1) is 6.92 Å². The zero-order chi connectivity index (χ0) is 11.5. The Bertz CT molecular complexity index is 381. The first-order valence-electron chi connectivity index (χ1n) is 5.74. The fraction of sp³-hybridized carbons (Fsp3) is 0.462. The summed E-state index contributed by atoms with van der Waals surface area (Å²) in [5.41, 5.74) is 2.55. The molecule has 0 bridgehead atoms. The Morgan fingerprint density at radius 2 is 1.88 bits per heavy atom. The highest BCUT2D eigenvalue weighted by Crippen LogP contribution is 2.17. The molecule has 1 saturated heterocycles. The standard InChI is InChI=1S/C13H18N2O/c1-11-4-3-5-13(10-11)15-8-6-14(7-9-15)12(2)16/h3-5,10H,6-9H2,1-2H3. The lowest BCUT2D eigenvalue weighted by Gasteiger charge is -2.35. The SMILES string of the molecule is CC(=O)N1CCN(c2cccc(C)c2)CC1. The fourth-order valence-corrected chi connectivity index (χ4v) is 2.10. The molecule has 2 rings (SSSR count). The van der Waals surface area contributed by atoms with E-state index >= 15 is 0 Å². The molecule has 0 N–H and O–H groups in total. The Labute approximate surface area is 96.7 Å². The highest BCUT2D eigenvalue weighted by Gasteiger charge is 2.18. The molecular weight excluding hydrogens is 200 g/mol. The Hall–Kier alpha value is -1.51. The number of amides is 1. The van der Waals surface area contributed by atoms with Crippen LogP contribution >= 0.6 is 0 Å². The third kappa shape index (κ3) is 2.35. The number of hydrogen-bond donors (Lipinski definition) is 0. The number of aryl methyl sites for hydroxylation is 1. The minimum atomic E-state index is 0.184. The molecule has 1 fully saturated rings. The van der Waals surface area contributed by atoms with E-state index in [4.69, 9.17) is 0 Å². The second kappa shape index (κ2) is 4.56. The first kappa shape index (κ1) is 11.0. The molecule has 1 aliphatic heterocycles. The van der Waals surface area contributed by atoms with E-state index in [9.17, 15) is 4.79 Å². The molecule has 3 nitrogen and oxygen atoms in total. The highest BCUT2D eigenvalue weighted by molar-refractivity contribution is 5.73. The molecule has 0 radical (unpaired) electrons. The lowest BCUT2D eigenvalue weighted by Crippen LogP contribution is -2.48. The first-order valence-corrected chi connectivity index (χ1v) is 5.74. The van der Waals surface area contributed by atoms with Crippen LogP contribution in [-0.2, 0) is 4.79 Å². The Balaban J connectivity index is 2.01. The van der Waals surface area contributed by atoms with Gasteiger partial charge in [-0.3, -0.25) is 4.79 Å². The van der Waals surface area contributed by atoms with Crippen molar-refractivity contribution in [2.75, 3.05) is 31.1 Å². The summed E-state index contributed by atoms with van der Waals surface area (Å²) in [4.78, 5) is 15.5. The summed E-state index contributed by atoms with van der Waals surface area (Å²) in [6, 6.07) is 8.52. The van der Waals surface area contributed by atoms with E-state index in [-0.39, 0.29) is 5.91 Å². The molecule has 1 aromatic carbocycles. The van der Waals surface area contributed by atoms with Gasteiger partial charge in [0.25, 0.3) is 0 Å². The molecule has 0 aliphatic carbocycles. The lowest BCUT2D eigenvalue weighted by molar-refractivity contribution is -0.129. The number of anilines is 1. The average molecular weight is 218 g/mol. The van der Waals surface area contributed by atoms with Crippen LogP contribution in [0.3, 0.4) is 0 Å². The van der Waals surface area contributed by atoms with Crippen molar-refractivity contribution in [2.24, 2.45) is 0 Å². The van der Waals surface area contributed by atoms with Crippen LogP contribution in [0.2, 0.25) is 0 Å². The van der Waals surface area contributed by atoms with Crippen LogP contribution in [0.1, 0.15) is 12.5 Å². The van der Waals surface area contributed by atoms with Crippen molar-refractivity contribution in [3.63, 3.8) is 0 Å². The summed E-state index contributed by atoms with van der Waals surface area (Å²) in [7, 11) is 0. The number of carbonyl (C=O) groups excluding carboxylic acids is 1. The van der Waals surface area contributed by atoms with E-state index in [1.54, 1.807) is 6.92 Å². The Kier molecular flexibility index (Phi) is 3.13. The van der Waals surface area contributed by atoms with E-state index in [2.05, 4.69) is 36.1 Å². The van der Waals surface area contributed by atoms with Crippen molar-refractivity contribution in [1.29, 1.82) is 0 Å². The molecule has 0 unspecified atom stereocenters. The smallest absolute Gasteiger partial charge is 0.219 e. The van der Waals surface area contributed by atoms with Crippen LogP contribution in [0.5, 0.6) is 0 Å². The molecule has 1 amide bonds. The van der Waals surface area contributed by atoms with Gasteiger partial charge in [0.15, 0.2) is 0 Å². The molecule has 1 heterocycles. The van der Waals surface area contributed by atoms with Crippen LogP contribution < -0.4 is 4.90 Å². The second-order valence-corrected chi connectivity index (χ2v) is 4.33. The van der Waals surface area contributed by atoms with Crippen molar-refractivity contribution in [3.05, 3.63) is 29.8 Å². The highest BCUT2D eigenvalue weighted by atomic mass is 16.2. The minimum Gasteiger partial charge on any atom is -0.368 e. The summed E-state index contributed by atoms with van der Waals surface area (Å²) in [6.07, 6.45) is 0. The summed E-state index contributed by atoms with van der Waals surface area (Å²) >= 11 is 0. The van der Waals surface area contributed by atoms with Crippen molar-refractivity contribution in [2.45, 2.75) is 13.8 Å². The summed E-state index contributed by atoms with van der Waals surface area (Å²) in [5, 5.41) is 0. The molecule has 16 heavy (non-hydrogen) atoms. The minimum absolute atomic E-state index is 0.184. The van der Waals surface area contributed by atoms with Gasteiger partial charge in [0.2, 0.25) is 5.91 Å². The molecule has 86 valence electrons. The van der Waals surface area contributed by atoms with Crippen LogP contribution in [0.15, 0.2) is 24.3 Å². The first-order chi connectivity index (χ1) is 7.66. The van der Waals surface area contributed by atoms with Crippen molar-refractivity contribution >= 4 is 11.6 Å². The number of nitrogens with zero attached hydrogens (tertiary/aromatic N) is 2. The van der Waals surface area contributed by atoms with Gasteiger partial charge in [-0.25, -0.2) is 0 Å². The fourth-order valence-electron chi connectivity index (χ4n) is 2.10. The molecule has 3 heteroatoms. The molecule has 1 aliphatic rings. The number of piperazine rings is 1. The van der Waals surface area contributed by atoms with Crippen molar-refractivity contribution < 1.29 is 4.79 Å². The lowest BCUT2D eigenvalue weighted by atomic mass is 10.2. The van der Waals surface area contributed by atoms with E-state index in [0.29, 0.717) is 0 Å². The van der Waals surface area contributed by atoms with E-state index in [1.807, 2.05) is 4.90 Å². The normalized spacial score (nSPS) is 16.4. The quantitative estimate of drug-likeness (QED) is 0.715. The van der Waals surface area contributed by atoms with E-state index in [0.717, 1.165) is 26.2 Å². The zero-order valence-corrected chi connectivity index (χ0v) is 9.94. The van der Waals surface area contributed by atoms with Gasteiger partial charge in [-0.15, -0.1) is 0 Å². The van der Waals surface area contributed by atoms with Crippen molar-refractivity contribution in [3.8, 4) is 0 Å². The predicted molar refractivity (Wildman–Crippen MR) is 65.6 cm³/mol. The largest absolute Gasteiger partial charge is 0.368 e. The third-order valence-electron chi connectivity index (χ3n) is 3.09. The molecule has 0 spiro atoms. The number of hydrogen-bond acceptors (Lipinski definition) is 2.